The number of nitrogens with one attached hydrogen (secondary N) is 1. The highest BCUT2D eigenvalue weighted by molar-refractivity contribution is 7.93. The summed E-state index contributed by atoms with van der Waals surface area (Å²) in [5, 5.41) is 14.9. The van der Waals surface area contributed by atoms with E-state index >= 15 is 0 Å². The number of aliphatic hydroxyl groups is 1. The standard InChI is InChI=1S/C21H29N3O3S2/c1-13-10-15-8-7-9-17(15)19(14(13)2)22-20(25)23-29(27,24(5)6)18-11-16(12-28-18)21(3,4)26/h10-12,26H,7-9H2,1-6H3,(H,22,25). The molecule has 6 nitrogen and oxygen atoms in total. The van der Waals surface area contributed by atoms with E-state index in [1.807, 2.05) is 13.8 Å². The Balaban J connectivity index is 2.00. The number of thiophene rings is 1. The number of carbonyl (C=O) groups is 1. The van der Waals surface area contributed by atoms with E-state index in [0.29, 0.717) is 9.77 Å². The average molecular weight is 436 g/mol. The van der Waals surface area contributed by atoms with Gasteiger partial charge in [0, 0.05) is 19.8 Å². The maximum atomic E-state index is 13.6. The third-order valence-corrected chi connectivity index (χ3v) is 9.10. The van der Waals surface area contributed by atoms with Crippen molar-refractivity contribution in [1.29, 1.82) is 0 Å². The molecule has 0 saturated carbocycles. The van der Waals surface area contributed by atoms with Crippen LogP contribution in [0.3, 0.4) is 0 Å². The lowest BCUT2D eigenvalue weighted by molar-refractivity contribution is 0.0789. The van der Waals surface area contributed by atoms with Crippen LogP contribution in [-0.2, 0) is 28.4 Å². The van der Waals surface area contributed by atoms with Crippen molar-refractivity contribution in [2.24, 2.45) is 4.36 Å². The van der Waals surface area contributed by atoms with Gasteiger partial charge in [-0.25, -0.2) is 13.3 Å². The molecule has 29 heavy (non-hydrogen) atoms. The summed E-state index contributed by atoms with van der Waals surface area (Å²) in [6, 6.07) is 3.24. The van der Waals surface area contributed by atoms with Gasteiger partial charge in [0.15, 0.2) is 9.92 Å². The fourth-order valence-electron chi connectivity index (χ4n) is 3.50. The van der Waals surface area contributed by atoms with E-state index in [-0.39, 0.29) is 0 Å². The Morgan fingerprint density at radius 2 is 1.97 bits per heavy atom. The van der Waals surface area contributed by atoms with Crippen LogP contribution in [0.1, 0.15) is 48.1 Å². The zero-order valence-electron chi connectivity index (χ0n) is 17.8. The van der Waals surface area contributed by atoms with Crippen LogP contribution < -0.4 is 5.32 Å². The van der Waals surface area contributed by atoms with Crippen molar-refractivity contribution in [2.45, 2.75) is 56.8 Å². The second kappa shape index (κ2) is 7.83. The molecule has 1 unspecified atom stereocenters. The molecule has 0 saturated heterocycles. The molecule has 0 fully saturated rings. The number of urea groups is 1. The van der Waals surface area contributed by atoms with Crippen molar-refractivity contribution < 1.29 is 14.1 Å². The Bertz CT molecular complexity index is 1070. The summed E-state index contributed by atoms with van der Waals surface area (Å²) >= 11 is 1.23. The van der Waals surface area contributed by atoms with Gasteiger partial charge in [0.1, 0.15) is 4.21 Å². The normalized spacial score (nSPS) is 15.9. The minimum Gasteiger partial charge on any atom is -0.386 e. The third-order valence-electron chi connectivity index (χ3n) is 5.40. The van der Waals surface area contributed by atoms with E-state index in [9.17, 15) is 14.1 Å². The number of carbonyl (C=O) groups excluding carboxylic acids is 1. The van der Waals surface area contributed by atoms with Crippen LogP contribution in [0.2, 0.25) is 0 Å². The molecular formula is C21H29N3O3S2. The Morgan fingerprint density at radius 1 is 1.28 bits per heavy atom. The molecule has 1 aliphatic rings. The van der Waals surface area contributed by atoms with Crippen LogP contribution in [0.15, 0.2) is 26.1 Å². The molecule has 3 rings (SSSR count). The van der Waals surface area contributed by atoms with Crippen molar-refractivity contribution in [2.75, 3.05) is 19.4 Å². The highest BCUT2D eigenvalue weighted by Gasteiger charge is 2.26. The zero-order chi connectivity index (χ0) is 21.6. The van der Waals surface area contributed by atoms with Gasteiger partial charge in [-0.15, -0.1) is 15.7 Å². The number of amides is 2. The number of fused-ring (bicyclic) bond motifs is 1. The summed E-state index contributed by atoms with van der Waals surface area (Å²) in [6.07, 6.45) is 3.01. The van der Waals surface area contributed by atoms with Crippen molar-refractivity contribution in [3.05, 3.63) is 45.3 Å². The van der Waals surface area contributed by atoms with Crippen LogP contribution in [0, 0.1) is 13.8 Å². The molecule has 1 aromatic carbocycles. The van der Waals surface area contributed by atoms with Crippen molar-refractivity contribution in [1.82, 2.24) is 4.31 Å². The maximum absolute atomic E-state index is 13.6. The highest BCUT2D eigenvalue weighted by Crippen LogP contribution is 2.35. The number of anilines is 1. The van der Waals surface area contributed by atoms with Gasteiger partial charge in [-0.3, -0.25) is 0 Å². The lowest BCUT2D eigenvalue weighted by atomic mass is 9.99. The number of benzene rings is 1. The van der Waals surface area contributed by atoms with Crippen molar-refractivity contribution in [3.63, 3.8) is 0 Å². The summed E-state index contributed by atoms with van der Waals surface area (Å²) in [5.41, 5.74) is 4.97. The monoisotopic (exact) mass is 435 g/mol. The molecule has 0 bridgehead atoms. The molecule has 0 radical (unpaired) electrons. The van der Waals surface area contributed by atoms with E-state index in [1.165, 1.54) is 21.2 Å². The molecule has 158 valence electrons. The van der Waals surface area contributed by atoms with Gasteiger partial charge in [0.05, 0.1) is 5.60 Å². The Morgan fingerprint density at radius 3 is 2.55 bits per heavy atom. The summed E-state index contributed by atoms with van der Waals surface area (Å²) < 4.78 is 19.6. The van der Waals surface area contributed by atoms with Gasteiger partial charge in [-0.1, -0.05) is 6.07 Å². The van der Waals surface area contributed by atoms with Gasteiger partial charge < -0.3 is 10.4 Å². The van der Waals surface area contributed by atoms with E-state index < -0.39 is 21.5 Å². The topological polar surface area (TPSA) is 82.0 Å². The van der Waals surface area contributed by atoms with Crippen LogP contribution >= 0.6 is 11.3 Å². The number of rotatable bonds is 4. The quantitative estimate of drug-likeness (QED) is 0.735. The molecule has 2 aromatic rings. The number of aryl methyl sites for hydroxylation is 2. The fraction of sp³-hybridized carbons (Fsp3) is 0.476. The Hall–Kier alpha value is -1.74. The summed E-state index contributed by atoms with van der Waals surface area (Å²) in [6.45, 7) is 7.36. The maximum Gasteiger partial charge on any atom is 0.354 e. The smallest absolute Gasteiger partial charge is 0.354 e. The SMILES string of the molecule is Cc1cc2c(c(NC(=O)N=S(=O)(c3cc(C(C)(C)O)cs3)N(C)C)c1C)CCC2. The highest BCUT2D eigenvalue weighted by atomic mass is 32.2. The summed E-state index contributed by atoms with van der Waals surface area (Å²) in [5.74, 6) is 0. The second-order valence-electron chi connectivity index (χ2n) is 8.23. The van der Waals surface area contributed by atoms with Crippen molar-refractivity contribution >= 4 is 33.0 Å². The van der Waals surface area contributed by atoms with E-state index in [2.05, 4.69) is 15.7 Å². The first-order valence-corrected chi connectivity index (χ1v) is 12.0. The minimum atomic E-state index is -3.13. The van der Waals surface area contributed by atoms with Gasteiger partial charge in [0.25, 0.3) is 0 Å². The molecule has 1 atom stereocenters. The molecular weight excluding hydrogens is 406 g/mol. The Labute approximate surface area is 177 Å². The van der Waals surface area contributed by atoms with Gasteiger partial charge in [0.2, 0.25) is 0 Å². The largest absolute Gasteiger partial charge is 0.386 e. The molecule has 0 aliphatic heterocycles. The predicted molar refractivity (Wildman–Crippen MR) is 119 cm³/mol. The molecule has 1 aromatic heterocycles. The Kier molecular flexibility index (Phi) is 5.93. The average Bonchev–Trinajstić information content (AvgIpc) is 3.27. The number of hydrogen-bond acceptors (Lipinski definition) is 4. The molecule has 1 heterocycles. The minimum absolute atomic E-state index is 0.445. The van der Waals surface area contributed by atoms with Gasteiger partial charge in [-0.2, -0.15) is 0 Å². The molecule has 8 heteroatoms. The van der Waals surface area contributed by atoms with Crippen molar-refractivity contribution in [3.8, 4) is 0 Å². The van der Waals surface area contributed by atoms with Crippen LogP contribution in [0.4, 0.5) is 10.5 Å². The fourth-order valence-corrected chi connectivity index (χ4v) is 6.66. The summed E-state index contributed by atoms with van der Waals surface area (Å²) in [7, 11) is 0.148. The van der Waals surface area contributed by atoms with E-state index in [1.54, 1.807) is 39.4 Å². The zero-order valence-corrected chi connectivity index (χ0v) is 19.5. The van der Waals surface area contributed by atoms with Gasteiger partial charge in [-0.05, 0) is 86.2 Å². The van der Waals surface area contributed by atoms with E-state index in [4.69, 9.17) is 0 Å². The first-order chi connectivity index (χ1) is 13.4. The predicted octanol–water partition coefficient (Wildman–Crippen LogP) is 4.62. The van der Waals surface area contributed by atoms with Gasteiger partial charge >= 0.3 is 6.03 Å². The lowest BCUT2D eigenvalue weighted by Crippen LogP contribution is -2.24. The molecule has 2 N–H and O–H groups in total. The second-order valence-corrected chi connectivity index (χ2v) is 11.7. The third kappa shape index (κ3) is 4.26. The van der Waals surface area contributed by atoms with Crippen LogP contribution in [0.5, 0.6) is 0 Å². The van der Waals surface area contributed by atoms with Crippen LogP contribution in [0.25, 0.3) is 0 Å². The molecule has 0 spiro atoms. The first kappa shape index (κ1) is 22.0. The summed E-state index contributed by atoms with van der Waals surface area (Å²) in [4.78, 5) is 12.8. The van der Waals surface area contributed by atoms with E-state index in [0.717, 1.165) is 41.6 Å². The number of hydrogen-bond donors (Lipinski definition) is 2. The first-order valence-electron chi connectivity index (χ1n) is 9.62. The van der Waals surface area contributed by atoms with Crippen LogP contribution in [-0.4, -0.2) is 33.7 Å². The number of nitrogens with zero attached hydrogens (tertiary/aromatic N) is 2. The molecule has 2 amide bonds. The molecule has 1 aliphatic carbocycles. The lowest BCUT2D eigenvalue weighted by Gasteiger charge is -2.18.